The van der Waals surface area contributed by atoms with Crippen molar-refractivity contribution in [1.29, 1.82) is 0 Å². The zero-order valence-electron chi connectivity index (χ0n) is 11.2. The van der Waals surface area contributed by atoms with Gasteiger partial charge in [-0.2, -0.15) is 0 Å². The molecule has 0 aromatic heterocycles. The van der Waals surface area contributed by atoms with Gasteiger partial charge in [-0.3, -0.25) is 9.52 Å². The summed E-state index contributed by atoms with van der Waals surface area (Å²) in [6.07, 6.45) is 0. The standard InChI is InChI=1S/C12H15NO6S/c1-7(11(14)15)20(16,17)13-8-4-5-9-10(6-8)19-12(2,3)18-9/h4-7,13H,1-3H3,(H,14,15). The van der Waals surface area contributed by atoms with Gasteiger partial charge in [0.15, 0.2) is 16.7 Å². The fourth-order valence-electron chi connectivity index (χ4n) is 1.67. The van der Waals surface area contributed by atoms with Crippen molar-refractivity contribution < 1.29 is 27.8 Å². The molecule has 1 aliphatic heterocycles. The normalized spacial score (nSPS) is 17.6. The lowest BCUT2D eigenvalue weighted by Crippen LogP contribution is -2.32. The summed E-state index contributed by atoms with van der Waals surface area (Å²) in [5.74, 6) is -1.32. The molecular formula is C12H15NO6S. The highest BCUT2D eigenvalue weighted by atomic mass is 32.2. The highest BCUT2D eigenvalue weighted by molar-refractivity contribution is 7.94. The zero-order chi connectivity index (χ0) is 15.1. The zero-order valence-corrected chi connectivity index (χ0v) is 12.0. The van der Waals surface area contributed by atoms with E-state index < -0.39 is 27.0 Å². The van der Waals surface area contributed by atoms with Gasteiger partial charge in [0.2, 0.25) is 15.8 Å². The van der Waals surface area contributed by atoms with Crippen molar-refractivity contribution >= 4 is 21.7 Å². The van der Waals surface area contributed by atoms with E-state index in [-0.39, 0.29) is 5.69 Å². The maximum atomic E-state index is 11.8. The number of rotatable bonds is 4. The summed E-state index contributed by atoms with van der Waals surface area (Å²) in [6.45, 7) is 4.55. The molecule has 1 heterocycles. The van der Waals surface area contributed by atoms with Gasteiger partial charge in [0.25, 0.3) is 0 Å². The van der Waals surface area contributed by atoms with E-state index in [0.717, 1.165) is 6.92 Å². The Kier molecular flexibility index (Phi) is 3.29. The molecule has 20 heavy (non-hydrogen) atoms. The third-order valence-corrected chi connectivity index (χ3v) is 4.38. The predicted molar refractivity (Wildman–Crippen MR) is 71.4 cm³/mol. The molecule has 0 saturated heterocycles. The van der Waals surface area contributed by atoms with E-state index in [1.165, 1.54) is 12.1 Å². The number of carbonyl (C=O) groups is 1. The second kappa shape index (κ2) is 4.55. The Hall–Kier alpha value is -1.96. The number of hydrogen-bond donors (Lipinski definition) is 2. The van der Waals surface area contributed by atoms with Crippen molar-refractivity contribution in [2.24, 2.45) is 0 Å². The van der Waals surface area contributed by atoms with E-state index in [2.05, 4.69) is 4.72 Å². The van der Waals surface area contributed by atoms with Gasteiger partial charge in [-0.25, -0.2) is 8.42 Å². The van der Waals surface area contributed by atoms with Crippen LogP contribution in [0.2, 0.25) is 0 Å². The quantitative estimate of drug-likeness (QED) is 0.871. The number of fused-ring (bicyclic) bond motifs is 1. The first-order chi connectivity index (χ1) is 9.11. The maximum Gasteiger partial charge on any atom is 0.323 e. The molecule has 8 heteroatoms. The molecule has 0 aliphatic carbocycles. The number of anilines is 1. The second-order valence-electron chi connectivity index (χ2n) is 4.89. The van der Waals surface area contributed by atoms with Crippen LogP contribution in [0.4, 0.5) is 5.69 Å². The molecule has 0 amide bonds. The average Bonchev–Trinajstić information content (AvgIpc) is 2.60. The van der Waals surface area contributed by atoms with E-state index in [1.54, 1.807) is 19.9 Å². The number of carboxylic acids is 1. The predicted octanol–water partition coefficient (Wildman–Crippen LogP) is 1.41. The van der Waals surface area contributed by atoms with Gasteiger partial charge in [-0.15, -0.1) is 0 Å². The van der Waals surface area contributed by atoms with Crippen LogP contribution in [0.5, 0.6) is 11.5 Å². The Morgan fingerprint density at radius 1 is 1.30 bits per heavy atom. The molecule has 7 nitrogen and oxygen atoms in total. The molecule has 0 spiro atoms. The number of ether oxygens (including phenoxy) is 2. The van der Waals surface area contributed by atoms with Crippen LogP contribution in [0, 0.1) is 0 Å². The van der Waals surface area contributed by atoms with E-state index >= 15 is 0 Å². The van der Waals surface area contributed by atoms with Crippen LogP contribution >= 0.6 is 0 Å². The molecule has 2 N–H and O–H groups in total. The summed E-state index contributed by atoms with van der Waals surface area (Å²) in [5.41, 5.74) is 0.221. The van der Waals surface area contributed by atoms with Crippen molar-refractivity contribution in [2.45, 2.75) is 31.8 Å². The van der Waals surface area contributed by atoms with Gasteiger partial charge < -0.3 is 14.6 Å². The van der Waals surface area contributed by atoms with Crippen LogP contribution in [0.15, 0.2) is 18.2 Å². The Morgan fingerprint density at radius 2 is 1.90 bits per heavy atom. The first-order valence-corrected chi connectivity index (χ1v) is 7.42. The Balaban J connectivity index is 2.23. The summed E-state index contributed by atoms with van der Waals surface area (Å²) < 4.78 is 36.8. The minimum Gasteiger partial charge on any atom is -0.480 e. The van der Waals surface area contributed by atoms with E-state index in [4.69, 9.17) is 14.6 Å². The van der Waals surface area contributed by atoms with Gasteiger partial charge >= 0.3 is 5.97 Å². The lowest BCUT2D eigenvalue weighted by Gasteiger charge is -2.16. The molecule has 0 bridgehead atoms. The lowest BCUT2D eigenvalue weighted by molar-refractivity contribution is -0.136. The fraction of sp³-hybridized carbons (Fsp3) is 0.417. The number of carboxylic acid groups (broad SMARTS) is 1. The minimum absolute atomic E-state index is 0.221. The molecule has 0 fully saturated rings. The van der Waals surface area contributed by atoms with Gasteiger partial charge in [-0.05, 0) is 19.1 Å². The summed E-state index contributed by atoms with van der Waals surface area (Å²) in [6, 6.07) is 4.50. The van der Waals surface area contributed by atoms with Gasteiger partial charge in [-0.1, -0.05) is 0 Å². The van der Waals surface area contributed by atoms with Crippen LogP contribution < -0.4 is 14.2 Å². The molecule has 1 unspecified atom stereocenters. The Labute approximate surface area is 116 Å². The highest BCUT2D eigenvalue weighted by Crippen LogP contribution is 2.40. The number of nitrogens with one attached hydrogen (secondary N) is 1. The number of aliphatic carboxylic acids is 1. The smallest absolute Gasteiger partial charge is 0.323 e. The molecule has 1 aromatic carbocycles. The monoisotopic (exact) mass is 301 g/mol. The molecule has 0 saturated carbocycles. The first kappa shape index (κ1) is 14.4. The van der Waals surface area contributed by atoms with Gasteiger partial charge in [0.1, 0.15) is 0 Å². The summed E-state index contributed by atoms with van der Waals surface area (Å²) in [5, 5.41) is 7.20. The van der Waals surface area contributed by atoms with Gasteiger partial charge in [0, 0.05) is 19.9 Å². The summed E-state index contributed by atoms with van der Waals surface area (Å²) >= 11 is 0. The van der Waals surface area contributed by atoms with E-state index in [1.807, 2.05) is 0 Å². The van der Waals surface area contributed by atoms with Crippen molar-refractivity contribution in [3.8, 4) is 11.5 Å². The molecular weight excluding hydrogens is 286 g/mol. The van der Waals surface area contributed by atoms with Crippen LogP contribution in [0.3, 0.4) is 0 Å². The molecule has 1 atom stereocenters. The fourth-order valence-corrected chi connectivity index (χ4v) is 2.57. The van der Waals surface area contributed by atoms with Crippen LogP contribution in [0.1, 0.15) is 20.8 Å². The topological polar surface area (TPSA) is 102 Å². The van der Waals surface area contributed by atoms with Gasteiger partial charge in [0.05, 0.1) is 5.69 Å². The van der Waals surface area contributed by atoms with Crippen LogP contribution in [-0.2, 0) is 14.8 Å². The van der Waals surface area contributed by atoms with Crippen LogP contribution in [-0.4, -0.2) is 30.5 Å². The van der Waals surface area contributed by atoms with Crippen molar-refractivity contribution in [3.63, 3.8) is 0 Å². The number of sulfonamides is 1. The third kappa shape index (κ3) is 2.79. The molecule has 2 rings (SSSR count). The number of hydrogen-bond acceptors (Lipinski definition) is 5. The molecule has 1 aromatic rings. The Bertz CT molecular complexity index is 652. The molecule has 0 radical (unpaired) electrons. The van der Waals surface area contributed by atoms with Crippen LogP contribution in [0.25, 0.3) is 0 Å². The third-order valence-electron chi connectivity index (χ3n) is 2.73. The first-order valence-electron chi connectivity index (χ1n) is 5.87. The largest absolute Gasteiger partial charge is 0.480 e. The number of benzene rings is 1. The minimum atomic E-state index is -4.00. The van der Waals surface area contributed by atoms with E-state index in [0.29, 0.717) is 11.5 Å². The molecule has 1 aliphatic rings. The second-order valence-corrected chi connectivity index (χ2v) is 6.89. The SMILES string of the molecule is CC(C(=O)O)S(=O)(=O)Nc1ccc2c(c1)OC(C)(C)O2. The summed E-state index contributed by atoms with van der Waals surface area (Å²) in [7, 11) is -4.00. The summed E-state index contributed by atoms with van der Waals surface area (Å²) in [4.78, 5) is 10.7. The van der Waals surface area contributed by atoms with Crippen molar-refractivity contribution in [3.05, 3.63) is 18.2 Å². The van der Waals surface area contributed by atoms with Crippen molar-refractivity contribution in [2.75, 3.05) is 4.72 Å². The van der Waals surface area contributed by atoms with E-state index in [9.17, 15) is 13.2 Å². The maximum absolute atomic E-state index is 11.8. The average molecular weight is 301 g/mol. The van der Waals surface area contributed by atoms with Crippen molar-refractivity contribution in [1.82, 2.24) is 0 Å². The Morgan fingerprint density at radius 3 is 2.50 bits per heavy atom. The molecule has 110 valence electrons. The highest BCUT2D eigenvalue weighted by Gasteiger charge is 2.32. The lowest BCUT2D eigenvalue weighted by atomic mass is 10.3.